The molecule has 5 nitrogen and oxygen atoms in total. The van der Waals surface area contributed by atoms with Crippen molar-refractivity contribution in [1.29, 1.82) is 0 Å². The highest BCUT2D eigenvalue weighted by molar-refractivity contribution is 6.31. The van der Waals surface area contributed by atoms with E-state index in [9.17, 15) is 13.2 Å². The second kappa shape index (κ2) is 8.13. The second-order valence-electron chi connectivity index (χ2n) is 6.90. The van der Waals surface area contributed by atoms with Gasteiger partial charge in [-0.2, -0.15) is 18.3 Å². The van der Waals surface area contributed by atoms with E-state index in [-0.39, 0.29) is 5.02 Å². The molecule has 2 aliphatic rings. The molecule has 0 amide bonds. The molecule has 1 aromatic rings. The number of nitrogens with one attached hydrogen (secondary N) is 1. The zero-order valence-electron chi connectivity index (χ0n) is 16.0. The molecule has 3 rings (SSSR count). The first-order valence-electron chi connectivity index (χ1n) is 9.11. The molecule has 0 bridgehead atoms. The molecule has 2 heterocycles. The molecule has 152 valence electrons. The Bertz CT molecular complexity index is 822. The number of benzene rings is 1. The van der Waals surface area contributed by atoms with Crippen LogP contribution in [0.4, 0.5) is 18.9 Å². The van der Waals surface area contributed by atoms with E-state index in [1.807, 2.05) is 32.9 Å². The Labute approximate surface area is 167 Å². The lowest BCUT2D eigenvalue weighted by molar-refractivity contribution is -0.137. The number of halogens is 4. The van der Waals surface area contributed by atoms with E-state index < -0.39 is 17.8 Å². The van der Waals surface area contributed by atoms with Crippen LogP contribution in [0.2, 0.25) is 5.02 Å². The lowest BCUT2D eigenvalue weighted by Gasteiger charge is -2.40. The van der Waals surface area contributed by atoms with Crippen molar-refractivity contribution < 1.29 is 13.2 Å². The van der Waals surface area contributed by atoms with E-state index in [4.69, 9.17) is 11.6 Å². The number of fused-ring (bicyclic) bond motifs is 1. The van der Waals surface area contributed by atoms with Crippen molar-refractivity contribution in [1.82, 2.24) is 15.2 Å². The van der Waals surface area contributed by atoms with Crippen LogP contribution in [0.3, 0.4) is 0 Å². The van der Waals surface area contributed by atoms with Crippen LogP contribution in [-0.4, -0.2) is 47.8 Å². The summed E-state index contributed by atoms with van der Waals surface area (Å²) in [4.78, 5) is 6.76. The van der Waals surface area contributed by atoms with Gasteiger partial charge >= 0.3 is 6.18 Å². The van der Waals surface area contributed by atoms with Gasteiger partial charge in [0.2, 0.25) is 5.96 Å². The van der Waals surface area contributed by atoms with Crippen molar-refractivity contribution in [3.63, 3.8) is 0 Å². The van der Waals surface area contributed by atoms with Gasteiger partial charge in [0.1, 0.15) is 6.04 Å². The van der Waals surface area contributed by atoms with Gasteiger partial charge < -0.3 is 10.2 Å². The zero-order chi connectivity index (χ0) is 20.5. The number of alkyl halides is 3. The quantitative estimate of drug-likeness (QED) is 0.570. The van der Waals surface area contributed by atoms with Gasteiger partial charge in [-0.15, -0.1) is 0 Å². The number of hydrogen-bond acceptors (Lipinski definition) is 5. The van der Waals surface area contributed by atoms with E-state index in [1.165, 1.54) is 6.07 Å². The molecular weight excluding hydrogens is 391 g/mol. The number of aliphatic imine (C=N–C) groups is 1. The number of allylic oxidation sites excluding steroid dienone is 1. The van der Waals surface area contributed by atoms with Crippen molar-refractivity contribution in [2.75, 3.05) is 26.2 Å². The Morgan fingerprint density at radius 2 is 1.96 bits per heavy atom. The SMILES string of the molecule is C/C=C/C1c2cc(C(F)(F)F)c(Cl)cc2N=C(N2CCNCC2)N1N=C(C)C. The third-order valence-corrected chi connectivity index (χ3v) is 4.82. The minimum absolute atomic E-state index is 0.350. The van der Waals surface area contributed by atoms with Crippen LogP contribution >= 0.6 is 11.6 Å². The summed E-state index contributed by atoms with van der Waals surface area (Å²) in [5.41, 5.74) is 0.791. The molecule has 1 fully saturated rings. The number of hydrogen-bond donors (Lipinski definition) is 1. The lowest BCUT2D eigenvalue weighted by Crippen LogP contribution is -2.52. The number of hydrazone groups is 1. The molecule has 1 aromatic carbocycles. The van der Waals surface area contributed by atoms with Crippen molar-refractivity contribution in [3.05, 3.63) is 40.4 Å². The first kappa shape index (κ1) is 20.7. The van der Waals surface area contributed by atoms with Gasteiger partial charge in [-0.3, -0.25) is 0 Å². The summed E-state index contributed by atoms with van der Waals surface area (Å²) < 4.78 is 40.2. The molecular formula is C19H23ClF3N5. The Morgan fingerprint density at radius 3 is 2.54 bits per heavy atom. The van der Waals surface area contributed by atoms with Gasteiger partial charge in [-0.1, -0.05) is 23.8 Å². The smallest absolute Gasteiger partial charge is 0.338 e. The van der Waals surface area contributed by atoms with Gasteiger partial charge in [0.15, 0.2) is 0 Å². The third-order valence-electron chi connectivity index (χ3n) is 4.51. The molecule has 0 aromatic heterocycles. The Balaban J connectivity index is 2.20. The van der Waals surface area contributed by atoms with Crippen LogP contribution in [-0.2, 0) is 6.18 Å². The second-order valence-corrected chi connectivity index (χ2v) is 7.31. The maximum atomic E-state index is 13.4. The molecule has 0 aliphatic carbocycles. The standard InChI is InChI=1S/C19H23ClF3N5/c1-4-5-17-13-10-14(19(21,22)23)15(20)11-16(13)25-18(28(17)26-12(2)3)27-8-6-24-7-9-27/h4-5,10-11,17,24H,6-9H2,1-3H3/b5-4+. The van der Waals surface area contributed by atoms with Gasteiger partial charge in [-0.25, -0.2) is 10.0 Å². The molecule has 1 unspecified atom stereocenters. The highest BCUT2D eigenvalue weighted by atomic mass is 35.5. The molecule has 9 heteroatoms. The predicted octanol–water partition coefficient (Wildman–Crippen LogP) is 4.58. The summed E-state index contributed by atoms with van der Waals surface area (Å²) in [6.45, 7) is 8.60. The monoisotopic (exact) mass is 413 g/mol. The molecule has 0 spiro atoms. The van der Waals surface area contributed by atoms with Gasteiger partial charge in [0.25, 0.3) is 0 Å². The predicted molar refractivity (Wildman–Crippen MR) is 106 cm³/mol. The number of piperazine rings is 1. The maximum absolute atomic E-state index is 13.4. The summed E-state index contributed by atoms with van der Waals surface area (Å²) >= 11 is 5.95. The van der Waals surface area contributed by atoms with E-state index in [2.05, 4.69) is 20.3 Å². The van der Waals surface area contributed by atoms with E-state index in [0.29, 0.717) is 17.2 Å². The van der Waals surface area contributed by atoms with Gasteiger partial charge in [0, 0.05) is 37.5 Å². The van der Waals surface area contributed by atoms with Crippen LogP contribution in [0.5, 0.6) is 0 Å². The average Bonchev–Trinajstić information content (AvgIpc) is 2.62. The van der Waals surface area contributed by atoms with Crippen molar-refractivity contribution in [3.8, 4) is 0 Å². The van der Waals surface area contributed by atoms with Gasteiger partial charge in [-0.05, 0) is 32.9 Å². The zero-order valence-corrected chi connectivity index (χ0v) is 16.8. The Kier molecular flexibility index (Phi) is 6.00. The van der Waals surface area contributed by atoms with E-state index in [1.54, 1.807) is 5.01 Å². The topological polar surface area (TPSA) is 43.2 Å². The third kappa shape index (κ3) is 4.17. The molecule has 1 N–H and O–H groups in total. The normalized spacial score (nSPS) is 20.2. The first-order chi connectivity index (χ1) is 13.2. The van der Waals surface area contributed by atoms with Crippen molar-refractivity contribution in [2.24, 2.45) is 10.1 Å². The summed E-state index contributed by atoms with van der Waals surface area (Å²) in [7, 11) is 0. The number of guanidine groups is 1. The largest absolute Gasteiger partial charge is 0.417 e. The Hall–Kier alpha value is -2.06. The summed E-state index contributed by atoms with van der Waals surface area (Å²) in [6.07, 6.45) is -0.898. The fraction of sp³-hybridized carbons (Fsp3) is 0.474. The maximum Gasteiger partial charge on any atom is 0.417 e. The minimum Gasteiger partial charge on any atom is -0.338 e. The highest BCUT2D eigenvalue weighted by Crippen LogP contribution is 2.44. The minimum atomic E-state index is -4.54. The number of rotatable bonds is 2. The fourth-order valence-corrected chi connectivity index (χ4v) is 3.58. The van der Waals surface area contributed by atoms with Gasteiger partial charge in [0.05, 0.1) is 16.3 Å². The van der Waals surface area contributed by atoms with Crippen LogP contribution in [0.25, 0.3) is 0 Å². The molecule has 0 radical (unpaired) electrons. The van der Waals surface area contributed by atoms with E-state index >= 15 is 0 Å². The molecule has 1 saturated heterocycles. The fourth-order valence-electron chi connectivity index (χ4n) is 3.32. The molecule has 28 heavy (non-hydrogen) atoms. The van der Waals surface area contributed by atoms with Crippen LogP contribution in [0.1, 0.15) is 37.9 Å². The average molecular weight is 414 g/mol. The van der Waals surface area contributed by atoms with Crippen molar-refractivity contribution >= 4 is 29.0 Å². The molecule has 2 aliphatic heterocycles. The first-order valence-corrected chi connectivity index (χ1v) is 9.49. The van der Waals surface area contributed by atoms with E-state index in [0.717, 1.165) is 38.0 Å². The Morgan fingerprint density at radius 1 is 1.29 bits per heavy atom. The number of nitrogens with zero attached hydrogens (tertiary/aromatic N) is 4. The summed E-state index contributed by atoms with van der Waals surface area (Å²) in [5.74, 6) is 0.620. The molecule has 1 atom stereocenters. The van der Waals surface area contributed by atoms with Crippen LogP contribution in [0.15, 0.2) is 34.4 Å². The summed E-state index contributed by atoms with van der Waals surface area (Å²) in [6, 6.07) is 1.89. The highest BCUT2D eigenvalue weighted by Gasteiger charge is 2.38. The molecule has 0 saturated carbocycles. The van der Waals surface area contributed by atoms with Crippen LogP contribution in [0, 0.1) is 0 Å². The lowest BCUT2D eigenvalue weighted by atomic mass is 9.99. The van der Waals surface area contributed by atoms with Crippen LogP contribution < -0.4 is 5.32 Å². The van der Waals surface area contributed by atoms with Crippen molar-refractivity contribution in [2.45, 2.75) is 33.0 Å². The summed E-state index contributed by atoms with van der Waals surface area (Å²) in [5, 5.41) is 9.24.